The summed E-state index contributed by atoms with van der Waals surface area (Å²) in [6.07, 6.45) is 2.20. The molecule has 0 saturated carbocycles. The third-order valence-electron chi connectivity index (χ3n) is 2.36. The van der Waals surface area contributed by atoms with E-state index in [0.29, 0.717) is 11.7 Å². The lowest BCUT2D eigenvalue weighted by Gasteiger charge is -2.02. The summed E-state index contributed by atoms with van der Waals surface area (Å²) < 4.78 is 5.31. The molecule has 0 aliphatic carbocycles. The summed E-state index contributed by atoms with van der Waals surface area (Å²) in [5.41, 5.74) is 5.68. The molecule has 1 aliphatic rings. The second-order valence-electron chi connectivity index (χ2n) is 3.48. The van der Waals surface area contributed by atoms with Crippen molar-refractivity contribution in [1.29, 1.82) is 0 Å². The average Bonchev–Trinajstić information content (AvgIpc) is 2.64. The lowest BCUT2D eigenvalue weighted by Crippen LogP contribution is -2.03. The number of nitrogens with zero attached hydrogens (tertiary/aromatic N) is 1. The van der Waals surface area contributed by atoms with E-state index in [1.165, 1.54) is 6.42 Å². The van der Waals surface area contributed by atoms with Gasteiger partial charge in [0, 0.05) is 24.5 Å². The molecule has 0 radical (unpaired) electrons. The number of ether oxygens (including phenoxy) is 1. The van der Waals surface area contributed by atoms with Gasteiger partial charge < -0.3 is 10.5 Å². The Morgan fingerprint density at radius 1 is 1.69 bits per heavy atom. The van der Waals surface area contributed by atoms with Gasteiger partial charge in [-0.3, -0.25) is 0 Å². The predicted molar refractivity (Wildman–Crippen MR) is 53.9 cm³/mol. The minimum atomic E-state index is 0.657. The summed E-state index contributed by atoms with van der Waals surface area (Å²) in [7, 11) is 0. The molecule has 0 spiro atoms. The standard InChI is InChI=1S/C9H14N2OS/c1-6-9(10)11-8(13-6)4-7-2-3-12-5-7/h7H,2-5,10H2,1H3. The number of rotatable bonds is 2. The largest absolute Gasteiger partial charge is 0.383 e. The number of thiazole rings is 1. The van der Waals surface area contributed by atoms with Gasteiger partial charge in [0.1, 0.15) is 5.82 Å². The van der Waals surface area contributed by atoms with Crippen LogP contribution in [-0.2, 0) is 11.2 Å². The van der Waals surface area contributed by atoms with E-state index in [1.54, 1.807) is 11.3 Å². The Morgan fingerprint density at radius 3 is 3.08 bits per heavy atom. The number of anilines is 1. The summed E-state index contributed by atoms with van der Waals surface area (Å²) in [6.45, 7) is 3.81. The maximum atomic E-state index is 5.68. The molecule has 4 heteroatoms. The first-order chi connectivity index (χ1) is 6.25. The Labute approximate surface area is 81.9 Å². The van der Waals surface area contributed by atoms with Crippen LogP contribution in [0.15, 0.2) is 0 Å². The maximum absolute atomic E-state index is 5.68. The van der Waals surface area contributed by atoms with Crippen LogP contribution in [0.1, 0.15) is 16.3 Å². The number of hydrogen-bond acceptors (Lipinski definition) is 4. The molecule has 1 aliphatic heterocycles. The highest BCUT2D eigenvalue weighted by Gasteiger charge is 2.18. The van der Waals surface area contributed by atoms with E-state index >= 15 is 0 Å². The molecule has 1 aromatic heterocycles. The first kappa shape index (κ1) is 8.97. The van der Waals surface area contributed by atoms with Gasteiger partial charge in [-0.1, -0.05) is 0 Å². The minimum absolute atomic E-state index is 0.657. The van der Waals surface area contributed by atoms with E-state index < -0.39 is 0 Å². The molecule has 1 aromatic rings. The van der Waals surface area contributed by atoms with Crippen LogP contribution in [-0.4, -0.2) is 18.2 Å². The molecule has 1 fully saturated rings. The highest BCUT2D eigenvalue weighted by Crippen LogP contribution is 2.24. The van der Waals surface area contributed by atoms with E-state index in [1.807, 2.05) is 6.92 Å². The highest BCUT2D eigenvalue weighted by atomic mass is 32.1. The lowest BCUT2D eigenvalue weighted by molar-refractivity contribution is 0.186. The van der Waals surface area contributed by atoms with E-state index in [-0.39, 0.29) is 0 Å². The molecule has 0 bridgehead atoms. The van der Waals surface area contributed by atoms with Crippen molar-refractivity contribution in [3.8, 4) is 0 Å². The third-order valence-corrected chi connectivity index (χ3v) is 3.37. The Balaban J connectivity index is 2.00. The van der Waals surface area contributed by atoms with Crippen molar-refractivity contribution >= 4 is 17.2 Å². The fraction of sp³-hybridized carbons (Fsp3) is 0.667. The summed E-state index contributed by atoms with van der Waals surface area (Å²) >= 11 is 1.71. The topological polar surface area (TPSA) is 48.1 Å². The summed E-state index contributed by atoms with van der Waals surface area (Å²) in [5, 5.41) is 1.16. The number of hydrogen-bond donors (Lipinski definition) is 1. The number of nitrogen functional groups attached to an aromatic ring is 1. The molecule has 72 valence electrons. The van der Waals surface area contributed by atoms with Gasteiger partial charge in [-0.15, -0.1) is 11.3 Å². The van der Waals surface area contributed by atoms with Crippen LogP contribution >= 0.6 is 11.3 Å². The zero-order valence-corrected chi connectivity index (χ0v) is 8.56. The Morgan fingerprint density at radius 2 is 2.54 bits per heavy atom. The molecule has 3 nitrogen and oxygen atoms in total. The maximum Gasteiger partial charge on any atom is 0.137 e. The fourth-order valence-corrected chi connectivity index (χ4v) is 2.51. The van der Waals surface area contributed by atoms with Gasteiger partial charge in [0.05, 0.1) is 5.01 Å². The molecular weight excluding hydrogens is 184 g/mol. The van der Waals surface area contributed by atoms with Crippen LogP contribution in [0.4, 0.5) is 5.82 Å². The number of aryl methyl sites for hydroxylation is 1. The molecule has 1 saturated heterocycles. The van der Waals surface area contributed by atoms with Gasteiger partial charge in [-0.05, 0) is 19.3 Å². The molecule has 2 N–H and O–H groups in total. The SMILES string of the molecule is Cc1sc(CC2CCOC2)nc1N. The Bertz CT molecular complexity index is 272. The van der Waals surface area contributed by atoms with Crippen LogP contribution in [0.25, 0.3) is 0 Å². The van der Waals surface area contributed by atoms with E-state index in [2.05, 4.69) is 4.98 Å². The molecule has 0 amide bonds. The van der Waals surface area contributed by atoms with Crippen molar-refractivity contribution in [3.63, 3.8) is 0 Å². The van der Waals surface area contributed by atoms with Crippen molar-refractivity contribution in [2.24, 2.45) is 5.92 Å². The van der Waals surface area contributed by atoms with Crippen LogP contribution in [0.3, 0.4) is 0 Å². The third kappa shape index (κ3) is 2.00. The lowest BCUT2D eigenvalue weighted by atomic mass is 10.1. The molecule has 2 rings (SSSR count). The van der Waals surface area contributed by atoms with Gasteiger partial charge in [0.25, 0.3) is 0 Å². The van der Waals surface area contributed by atoms with Crippen LogP contribution in [0.2, 0.25) is 0 Å². The van der Waals surface area contributed by atoms with Crippen molar-refractivity contribution in [1.82, 2.24) is 4.98 Å². The summed E-state index contributed by atoms with van der Waals surface area (Å²) in [5.74, 6) is 1.35. The predicted octanol–water partition coefficient (Wildman–Crippen LogP) is 1.61. The second kappa shape index (κ2) is 3.64. The second-order valence-corrected chi connectivity index (χ2v) is 4.77. The zero-order valence-electron chi connectivity index (χ0n) is 7.75. The summed E-state index contributed by atoms with van der Waals surface area (Å²) in [4.78, 5) is 5.45. The van der Waals surface area contributed by atoms with Gasteiger partial charge in [0.15, 0.2) is 0 Å². The van der Waals surface area contributed by atoms with E-state index in [0.717, 1.165) is 29.5 Å². The van der Waals surface area contributed by atoms with E-state index in [9.17, 15) is 0 Å². The first-order valence-corrected chi connectivity index (χ1v) is 5.37. The van der Waals surface area contributed by atoms with Gasteiger partial charge in [0.2, 0.25) is 0 Å². The molecule has 1 unspecified atom stereocenters. The number of nitrogens with two attached hydrogens (primary N) is 1. The smallest absolute Gasteiger partial charge is 0.137 e. The monoisotopic (exact) mass is 198 g/mol. The summed E-state index contributed by atoms with van der Waals surface area (Å²) in [6, 6.07) is 0. The van der Waals surface area contributed by atoms with Gasteiger partial charge in [-0.2, -0.15) is 0 Å². The van der Waals surface area contributed by atoms with Crippen molar-refractivity contribution in [3.05, 3.63) is 9.88 Å². The van der Waals surface area contributed by atoms with Gasteiger partial charge >= 0.3 is 0 Å². The molecule has 0 aromatic carbocycles. The van der Waals surface area contributed by atoms with Crippen LogP contribution in [0.5, 0.6) is 0 Å². The Hall–Kier alpha value is -0.610. The van der Waals surface area contributed by atoms with Gasteiger partial charge in [-0.25, -0.2) is 4.98 Å². The van der Waals surface area contributed by atoms with E-state index in [4.69, 9.17) is 10.5 Å². The van der Waals surface area contributed by atoms with Crippen LogP contribution in [0, 0.1) is 12.8 Å². The average molecular weight is 198 g/mol. The molecule has 1 atom stereocenters. The minimum Gasteiger partial charge on any atom is -0.383 e. The fourth-order valence-electron chi connectivity index (χ4n) is 1.54. The van der Waals surface area contributed by atoms with Crippen molar-refractivity contribution < 1.29 is 4.74 Å². The quantitative estimate of drug-likeness (QED) is 0.785. The van der Waals surface area contributed by atoms with Crippen LogP contribution < -0.4 is 5.73 Å². The molecule has 2 heterocycles. The zero-order chi connectivity index (χ0) is 9.26. The first-order valence-electron chi connectivity index (χ1n) is 4.55. The molecule has 13 heavy (non-hydrogen) atoms. The molecular formula is C9H14N2OS. The number of aromatic nitrogens is 1. The normalized spacial score (nSPS) is 22.4. The highest BCUT2D eigenvalue weighted by molar-refractivity contribution is 7.12. The van der Waals surface area contributed by atoms with Crippen molar-refractivity contribution in [2.75, 3.05) is 18.9 Å². The van der Waals surface area contributed by atoms with Crippen molar-refractivity contribution in [2.45, 2.75) is 19.8 Å². The Kier molecular flexibility index (Phi) is 2.51.